The maximum absolute atomic E-state index is 12.4. The molecule has 7 nitrogen and oxygen atoms in total. The van der Waals surface area contributed by atoms with Crippen molar-refractivity contribution in [2.45, 2.75) is 19.4 Å². The van der Waals surface area contributed by atoms with Crippen LogP contribution in [0.1, 0.15) is 30.5 Å². The Hall–Kier alpha value is -3.66. The molecule has 1 heterocycles. The molecule has 2 aromatic rings. The van der Waals surface area contributed by atoms with Gasteiger partial charge in [-0.15, -0.1) is 0 Å². The number of hydrogen-bond acceptors (Lipinski definition) is 5. The topological polar surface area (TPSA) is 99.5 Å². The fraction of sp³-hybridized carbons (Fsp3) is 0.273. The van der Waals surface area contributed by atoms with E-state index < -0.39 is 24.4 Å². The molecule has 1 aliphatic rings. The first-order valence-corrected chi connectivity index (χ1v) is 9.29. The molecule has 1 fully saturated rings. The lowest BCUT2D eigenvalue weighted by molar-refractivity contribution is -0.151. The first-order valence-electron chi connectivity index (χ1n) is 9.29. The fourth-order valence-corrected chi connectivity index (χ4v) is 3.31. The molecule has 2 aromatic carbocycles. The van der Waals surface area contributed by atoms with E-state index in [9.17, 15) is 14.4 Å². The Balaban J connectivity index is 1.53. The fourth-order valence-electron chi connectivity index (χ4n) is 3.31. The van der Waals surface area contributed by atoms with Crippen molar-refractivity contribution >= 4 is 23.5 Å². The second-order valence-electron chi connectivity index (χ2n) is 6.85. The van der Waals surface area contributed by atoms with Gasteiger partial charge in [-0.25, -0.2) is 0 Å². The van der Waals surface area contributed by atoms with Crippen LogP contribution in [-0.2, 0) is 19.1 Å². The van der Waals surface area contributed by atoms with Crippen LogP contribution in [-0.4, -0.2) is 35.8 Å². The molecule has 0 aromatic heterocycles. The average molecular weight is 391 g/mol. The number of esters is 1. The van der Waals surface area contributed by atoms with Crippen LogP contribution in [0.25, 0.3) is 0 Å². The monoisotopic (exact) mass is 391 g/mol. The molecule has 1 N–H and O–H groups in total. The van der Waals surface area contributed by atoms with E-state index in [2.05, 4.69) is 5.32 Å². The van der Waals surface area contributed by atoms with Crippen LogP contribution < -0.4 is 5.32 Å². The van der Waals surface area contributed by atoms with Crippen molar-refractivity contribution in [3.8, 4) is 6.07 Å². The van der Waals surface area contributed by atoms with Gasteiger partial charge < -0.3 is 15.0 Å². The van der Waals surface area contributed by atoms with Gasteiger partial charge in [-0.1, -0.05) is 42.5 Å². The van der Waals surface area contributed by atoms with Gasteiger partial charge in [-0.2, -0.15) is 5.26 Å². The van der Waals surface area contributed by atoms with E-state index in [0.29, 0.717) is 11.3 Å². The number of carbonyl (C=O) groups is 3. The number of anilines is 1. The molecule has 29 heavy (non-hydrogen) atoms. The van der Waals surface area contributed by atoms with E-state index >= 15 is 0 Å². The van der Waals surface area contributed by atoms with Gasteiger partial charge in [0.15, 0.2) is 6.61 Å². The molecule has 0 unspecified atom stereocenters. The number of hydrogen-bond donors (Lipinski definition) is 1. The third-order valence-electron chi connectivity index (χ3n) is 4.91. The van der Waals surface area contributed by atoms with Crippen molar-refractivity contribution in [3.05, 3.63) is 65.7 Å². The first kappa shape index (κ1) is 20.1. The molecule has 3 rings (SSSR count). The summed E-state index contributed by atoms with van der Waals surface area (Å²) < 4.78 is 5.10. The van der Waals surface area contributed by atoms with E-state index in [1.54, 1.807) is 29.2 Å². The molecule has 2 amide bonds. The SMILES string of the molecule is C[C@@H](c1ccccc1)N1C[C@@H](C(=O)OCC(=O)Nc2ccccc2C#N)CC1=O. The van der Waals surface area contributed by atoms with E-state index in [0.717, 1.165) is 5.56 Å². The van der Waals surface area contributed by atoms with Gasteiger partial charge in [0.25, 0.3) is 5.91 Å². The molecule has 0 spiro atoms. The summed E-state index contributed by atoms with van der Waals surface area (Å²) in [6, 6.07) is 18.0. The zero-order valence-corrected chi connectivity index (χ0v) is 16.0. The zero-order valence-electron chi connectivity index (χ0n) is 16.0. The minimum Gasteiger partial charge on any atom is -0.455 e. The molecule has 0 aliphatic carbocycles. The lowest BCUT2D eigenvalue weighted by Gasteiger charge is -2.25. The Morgan fingerprint density at radius 1 is 1.21 bits per heavy atom. The molecular formula is C22H21N3O4. The second-order valence-corrected chi connectivity index (χ2v) is 6.85. The normalized spacial score (nSPS) is 16.8. The quantitative estimate of drug-likeness (QED) is 0.763. The van der Waals surface area contributed by atoms with Gasteiger partial charge in [0, 0.05) is 13.0 Å². The highest BCUT2D eigenvalue weighted by Crippen LogP contribution is 2.29. The molecule has 1 aliphatic heterocycles. The third kappa shape index (κ3) is 4.79. The van der Waals surface area contributed by atoms with Crippen LogP contribution in [0.3, 0.4) is 0 Å². The summed E-state index contributed by atoms with van der Waals surface area (Å²) >= 11 is 0. The number of nitriles is 1. The molecule has 148 valence electrons. The molecule has 1 saturated heterocycles. The van der Waals surface area contributed by atoms with Crippen molar-refractivity contribution in [2.75, 3.05) is 18.5 Å². The summed E-state index contributed by atoms with van der Waals surface area (Å²) in [7, 11) is 0. The van der Waals surface area contributed by atoms with Crippen molar-refractivity contribution in [1.29, 1.82) is 5.26 Å². The third-order valence-corrected chi connectivity index (χ3v) is 4.91. The molecule has 7 heteroatoms. The Morgan fingerprint density at radius 3 is 2.62 bits per heavy atom. The van der Waals surface area contributed by atoms with Crippen molar-refractivity contribution in [3.63, 3.8) is 0 Å². The number of rotatable bonds is 6. The van der Waals surface area contributed by atoms with Gasteiger partial charge in [-0.3, -0.25) is 14.4 Å². The van der Waals surface area contributed by atoms with Crippen LogP contribution >= 0.6 is 0 Å². The first-order chi connectivity index (χ1) is 14.0. The average Bonchev–Trinajstić information content (AvgIpc) is 3.14. The van der Waals surface area contributed by atoms with Crippen molar-refractivity contribution in [1.82, 2.24) is 4.90 Å². The maximum atomic E-state index is 12.4. The lowest BCUT2D eigenvalue weighted by Crippen LogP contribution is -2.30. The Labute approximate surface area is 168 Å². The summed E-state index contributed by atoms with van der Waals surface area (Å²) in [5.74, 6) is -1.84. The smallest absolute Gasteiger partial charge is 0.311 e. The van der Waals surface area contributed by atoms with Crippen LogP contribution in [0.15, 0.2) is 54.6 Å². The van der Waals surface area contributed by atoms with Gasteiger partial charge in [0.2, 0.25) is 5.91 Å². The largest absolute Gasteiger partial charge is 0.455 e. The molecular weight excluding hydrogens is 370 g/mol. The van der Waals surface area contributed by atoms with E-state index in [1.807, 2.05) is 43.3 Å². The minimum atomic E-state index is -0.604. The van der Waals surface area contributed by atoms with E-state index in [1.165, 1.54) is 0 Å². The number of nitrogens with one attached hydrogen (secondary N) is 1. The lowest BCUT2D eigenvalue weighted by atomic mass is 10.1. The number of amides is 2. The van der Waals surface area contributed by atoms with E-state index in [4.69, 9.17) is 10.00 Å². The standard InChI is InChI=1S/C22H21N3O4/c1-15(16-7-3-2-4-8-16)25-13-18(11-21(25)27)22(28)29-14-20(26)24-19-10-6-5-9-17(19)12-23/h2-10,15,18H,11,13-14H2,1H3,(H,24,26)/t15-,18-/m0/s1. The summed E-state index contributed by atoms with van der Waals surface area (Å²) in [4.78, 5) is 38.4. The van der Waals surface area contributed by atoms with Crippen LogP contribution in [0.2, 0.25) is 0 Å². The zero-order chi connectivity index (χ0) is 20.8. The van der Waals surface area contributed by atoms with Crippen molar-refractivity contribution in [2.24, 2.45) is 5.92 Å². The summed E-state index contributed by atoms with van der Waals surface area (Å²) in [5, 5.41) is 11.6. The molecule has 0 saturated carbocycles. The number of carbonyl (C=O) groups excluding carboxylic acids is 3. The second kappa shape index (κ2) is 9.02. The van der Waals surface area contributed by atoms with E-state index in [-0.39, 0.29) is 24.9 Å². The highest BCUT2D eigenvalue weighted by Gasteiger charge is 2.38. The minimum absolute atomic E-state index is 0.0644. The highest BCUT2D eigenvalue weighted by atomic mass is 16.5. The van der Waals surface area contributed by atoms with Crippen LogP contribution in [0.4, 0.5) is 5.69 Å². The highest BCUT2D eigenvalue weighted by molar-refractivity contribution is 5.94. The molecule has 2 atom stereocenters. The number of likely N-dealkylation sites (tertiary alicyclic amines) is 1. The van der Waals surface area contributed by atoms with Crippen molar-refractivity contribution < 1.29 is 19.1 Å². The summed E-state index contributed by atoms with van der Waals surface area (Å²) in [6.07, 6.45) is 0.0644. The Bertz CT molecular complexity index is 952. The summed E-state index contributed by atoms with van der Waals surface area (Å²) in [5.41, 5.74) is 1.67. The van der Waals surface area contributed by atoms with Gasteiger partial charge in [0.1, 0.15) is 6.07 Å². The van der Waals surface area contributed by atoms with Gasteiger partial charge in [-0.05, 0) is 24.6 Å². The predicted molar refractivity (Wildman–Crippen MR) is 105 cm³/mol. The van der Waals surface area contributed by atoms with Crippen LogP contribution in [0.5, 0.6) is 0 Å². The molecule has 0 radical (unpaired) electrons. The Morgan fingerprint density at radius 2 is 1.90 bits per heavy atom. The predicted octanol–water partition coefficient (Wildman–Crippen LogP) is 2.65. The summed E-state index contributed by atoms with van der Waals surface area (Å²) in [6.45, 7) is 1.70. The maximum Gasteiger partial charge on any atom is 0.311 e. The molecule has 0 bridgehead atoms. The number of ether oxygens (including phenoxy) is 1. The number of para-hydroxylation sites is 1. The number of benzene rings is 2. The van der Waals surface area contributed by atoms with Gasteiger partial charge in [0.05, 0.1) is 23.2 Å². The van der Waals surface area contributed by atoms with Crippen LogP contribution in [0, 0.1) is 17.2 Å². The Kier molecular flexibility index (Phi) is 6.25. The van der Waals surface area contributed by atoms with Gasteiger partial charge >= 0.3 is 5.97 Å². The number of nitrogens with zero attached hydrogens (tertiary/aromatic N) is 2.